The third-order valence-electron chi connectivity index (χ3n) is 7.02. The lowest BCUT2D eigenvalue weighted by molar-refractivity contribution is -0.131. The fourth-order valence-corrected chi connectivity index (χ4v) is 4.86. The second-order valence-electron chi connectivity index (χ2n) is 10.1. The van der Waals surface area contributed by atoms with E-state index in [1.165, 1.54) is 29.5 Å². The Hall–Kier alpha value is -2.55. The summed E-state index contributed by atoms with van der Waals surface area (Å²) in [7, 11) is 0. The molecule has 1 unspecified atom stereocenters. The number of carbonyl (C=O) groups is 1. The lowest BCUT2D eigenvalue weighted by atomic mass is 9.62. The molecule has 0 saturated carbocycles. The van der Waals surface area contributed by atoms with E-state index >= 15 is 0 Å². The van der Waals surface area contributed by atoms with Crippen LogP contribution in [-0.2, 0) is 21.0 Å². The minimum absolute atomic E-state index is 0.172. The molecule has 2 aromatic rings. The summed E-state index contributed by atoms with van der Waals surface area (Å²) in [6.45, 7) is 12.2. The number of benzene rings is 2. The molecule has 29 heavy (non-hydrogen) atoms. The quantitative estimate of drug-likeness (QED) is 0.671. The van der Waals surface area contributed by atoms with Gasteiger partial charge in [0, 0.05) is 11.6 Å². The minimum atomic E-state index is -0.948. The summed E-state index contributed by atoms with van der Waals surface area (Å²) in [4.78, 5) is 10.8. The summed E-state index contributed by atoms with van der Waals surface area (Å²) in [6, 6.07) is 13.0. The van der Waals surface area contributed by atoms with Crippen LogP contribution in [0.2, 0.25) is 0 Å². The highest BCUT2D eigenvalue weighted by atomic mass is 16.5. The third-order valence-corrected chi connectivity index (χ3v) is 7.02. The van der Waals surface area contributed by atoms with Crippen molar-refractivity contribution in [2.24, 2.45) is 0 Å². The van der Waals surface area contributed by atoms with E-state index in [-0.39, 0.29) is 16.2 Å². The molecule has 3 nitrogen and oxygen atoms in total. The van der Waals surface area contributed by atoms with Gasteiger partial charge in [-0.15, -0.1) is 0 Å². The zero-order chi connectivity index (χ0) is 21.0. The maximum absolute atomic E-state index is 10.8. The van der Waals surface area contributed by atoms with Crippen molar-refractivity contribution in [3.8, 4) is 5.75 Å². The number of ether oxygens (including phenoxy) is 1. The molecule has 1 aliphatic carbocycles. The Morgan fingerprint density at radius 2 is 1.59 bits per heavy atom. The first-order valence-corrected chi connectivity index (χ1v) is 10.4. The van der Waals surface area contributed by atoms with Crippen LogP contribution < -0.4 is 4.74 Å². The second-order valence-corrected chi connectivity index (χ2v) is 10.1. The fourth-order valence-electron chi connectivity index (χ4n) is 4.86. The summed E-state index contributed by atoms with van der Waals surface area (Å²) in [5.41, 5.74) is 6.38. The van der Waals surface area contributed by atoms with E-state index in [0.29, 0.717) is 6.61 Å². The number of rotatable bonds is 3. The Kier molecular flexibility index (Phi) is 4.41. The van der Waals surface area contributed by atoms with Crippen LogP contribution in [0.4, 0.5) is 0 Å². The molecular formula is C26H30O3. The third kappa shape index (κ3) is 3.27. The Labute approximate surface area is 173 Å². The normalized spacial score (nSPS) is 24.0. The molecule has 0 aromatic heterocycles. The Morgan fingerprint density at radius 1 is 0.931 bits per heavy atom. The molecule has 2 aromatic carbocycles. The van der Waals surface area contributed by atoms with Crippen molar-refractivity contribution >= 4 is 12.0 Å². The molecule has 0 radical (unpaired) electrons. The van der Waals surface area contributed by atoms with Crippen LogP contribution in [0.1, 0.15) is 75.3 Å². The van der Waals surface area contributed by atoms with Gasteiger partial charge in [0.2, 0.25) is 0 Å². The average Bonchev–Trinajstić information content (AvgIpc) is 3.01. The standard InChI is InChI=1S/C26H30O3/c1-24(2)12-13-25(3,4)21-15-18(8-10-19(21)24)26(5)16-29-22-14-17(6-9-20(22)26)7-11-23(27)28/h6-11,14-15H,12-13,16H2,1-5H3,(H,27,28). The summed E-state index contributed by atoms with van der Waals surface area (Å²) >= 11 is 0. The van der Waals surface area contributed by atoms with Gasteiger partial charge in [-0.3, -0.25) is 0 Å². The first-order valence-electron chi connectivity index (χ1n) is 10.4. The van der Waals surface area contributed by atoms with Crippen molar-refractivity contribution in [1.82, 2.24) is 0 Å². The molecule has 1 N–H and O–H groups in total. The zero-order valence-electron chi connectivity index (χ0n) is 18.0. The highest BCUT2D eigenvalue weighted by Gasteiger charge is 2.41. The maximum Gasteiger partial charge on any atom is 0.328 e. The molecule has 0 saturated heterocycles. The Bertz CT molecular complexity index is 1010. The van der Waals surface area contributed by atoms with Gasteiger partial charge >= 0.3 is 5.97 Å². The minimum Gasteiger partial charge on any atom is -0.492 e. The van der Waals surface area contributed by atoms with E-state index in [2.05, 4.69) is 58.9 Å². The lowest BCUT2D eigenvalue weighted by Crippen LogP contribution is -2.35. The second kappa shape index (κ2) is 6.48. The molecule has 0 fully saturated rings. The van der Waals surface area contributed by atoms with Crippen molar-refractivity contribution in [2.75, 3.05) is 6.61 Å². The summed E-state index contributed by atoms with van der Waals surface area (Å²) in [5, 5.41) is 8.86. The van der Waals surface area contributed by atoms with Gasteiger partial charge in [0.15, 0.2) is 0 Å². The average molecular weight is 391 g/mol. The molecule has 0 amide bonds. The van der Waals surface area contributed by atoms with Crippen molar-refractivity contribution in [1.29, 1.82) is 0 Å². The van der Waals surface area contributed by atoms with Crippen LogP contribution in [0.5, 0.6) is 5.75 Å². The van der Waals surface area contributed by atoms with E-state index in [4.69, 9.17) is 9.84 Å². The van der Waals surface area contributed by atoms with Gasteiger partial charge in [0.1, 0.15) is 12.4 Å². The van der Waals surface area contributed by atoms with Gasteiger partial charge in [0.05, 0.1) is 5.41 Å². The van der Waals surface area contributed by atoms with Crippen molar-refractivity contribution in [2.45, 2.75) is 63.7 Å². The van der Waals surface area contributed by atoms with Crippen molar-refractivity contribution in [3.05, 3.63) is 70.3 Å². The van der Waals surface area contributed by atoms with Gasteiger partial charge in [0.25, 0.3) is 0 Å². The summed E-state index contributed by atoms with van der Waals surface area (Å²) < 4.78 is 6.07. The SMILES string of the molecule is CC1(C)CCC(C)(C)c2cc(C3(C)COc4cc(C=CC(=O)O)ccc43)ccc21. The Balaban J connectivity index is 1.77. The Morgan fingerprint density at radius 3 is 2.28 bits per heavy atom. The first kappa shape index (κ1) is 19.8. The van der Waals surface area contributed by atoms with Crippen LogP contribution in [0.15, 0.2) is 42.5 Å². The van der Waals surface area contributed by atoms with Crippen LogP contribution >= 0.6 is 0 Å². The molecule has 3 heteroatoms. The molecule has 2 aliphatic rings. The summed E-state index contributed by atoms with van der Waals surface area (Å²) in [6.07, 6.45) is 5.16. The first-order chi connectivity index (χ1) is 13.5. The van der Waals surface area contributed by atoms with E-state index in [0.717, 1.165) is 23.0 Å². The fraction of sp³-hybridized carbons (Fsp3) is 0.423. The molecular weight excluding hydrogens is 360 g/mol. The van der Waals surface area contributed by atoms with Crippen LogP contribution in [0.25, 0.3) is 6.08 Å². The molecule has 1 atom stereocenters. The number of carboxylic acid groups (broad SMARTS) is 1. The van der Waals surface area contributed by atoms with Gasteiger partial charge in [-0.1, -0.05) is 58.0 Å². The smallest absolute Gasteiger partial charge is 0.328 e. The van der Waals surface area contributed by atoms with Crippen LogP contribution in [0, 0.1) is 0 Å². The molecule has 152 valence electrons. The maximum atomic E-state index is 10.8. The van der Waals surface area contributed by atoms with E-state index in [1.54, 1.807) is 6.08 Å². The number of aliphatic carboxylic acids is 1. The molecule has 4 rings (SSSR count). The predicted octanol–water partition coefficient (Wildman–Crippen LogP) is 5.83. The highest BCUT2D eigenvalue weighted by Crippen LogP contribution is 2.49. The number of fused-ring (bicyclic) bond motifs is 2. The monoisotopic (exact) mass is 390 g/mol. The number of hydrogen-bond acceptors (Lipinski definition) is 2. The van der Waals surface area contributed by atoms with Crippen LogP contribution in [0.3, 0.4) is 0 Å². The predicted molar refractivity (Wildman–Crippen MR) is 117 cm³/mol. The zero-order valence-corrected chi connectivity index (χ0v) is 18.0. The molecule has 0 bridgehead atoms. The van der Waals surface area contributed by atoms with E-state index in [1.807, 2.05) is 12.1 Å². The van der Waals surface area contributed by atoms with Crippen molar-refractivity contribution in [3.63, 3.8) is 0 Å². The molecule has 1 heterocycles. The lowest BCUT2D eigenvalue weighted by Gasteiger charge is -2.42. The molecule has 0 spiro atoms. The largest absolute Gasteiger partial charge is 0.492 e. The van der Waals surface area contributed by atoms with E-state index in [9.17, 15) is 4.79 Å². The topological polar surface area (TPSA) is 46.5 Å². The number of carboxylic acids is 1. The summed E-state index contributed by atoms with van der Waals surface area (Å²) in [5.74, 6) is -0.104. The van der Waals surface area contributed by atoms with Gasteiger partial charge in [-0.05, 0) is 65.0 Å². The highest BCUT2D eigenvalue weighted by molar-refractivity contribution is 5.85. The van der Waals surface area contributed by atoms with Gasteiger partial charge < -0.3 is 9.84 Å². The van der Waals surface area contributed by atoms with Crippen LogP contribution in [-0.4, -0.2) is 17.7 Å². The number of hydrogen-bond donors (Lipinski definition) is 1. The van der Waals surface area contributed by atoms with Gasteiger partial charge in [-0.2, -0.15) is 0 Å². The van der Waals surface area contributed by atoms with Crippen molar-refractivity contribution < 1.29 is 14.6 Å². The molecule has 1 aliphatic heterocycles. The van der Waals surface area contributed by atoms with E-state index < -0.39 is 5.97 Å². The van der Waals surface area contributed by atoms with Gasteiger partial charge in [-0.25, -0.2) is 4.79 Å².